The van der Waals surface area contributed by atoms with E-state index in [1.807, 2.05) is 0 Å². The molecule has 1 aliphatic rings. The number of nitrogens with one attached hydrogen (secondary N) is 1. The molecule has 1 saturated carbocycles. The van der Waals surface area contributed by atoms with E-state index in [4.69, 9.17) is 16.3 Å². The highest BCUT2D eigenvalue weighted by Crippen LogP contribution is 2.40. The number of nitriles is 1. The van der Waals surface area contributed by atoms with Gasteiger partial charge in [-0.3, -0.25) is 9.20 Å². The minimum Gasteiger partial charge on any atom is -0.377 e. The van der Waals surface area contributed by atoms with Crippen molar-refractivity contribution in [3.8, 4) is 6.07 Å². The van der Waals surface area contributed by atoms with Gasteiger partial charge in [0.1, 0.15) is 17.4 Å². The fraction of sp³-hybridized carbons (Fsp3) is 0.591. The Hall–Kier alpha value is -2.45. The summed E-state index contributed by atoms with van der Waals surface area (Å²) in [5.41, 5.74) is -3.14. The van der Waals surface area contributed by atoms with Crippen molar-refractivity contribution in [1.29, 1.82) is 5.26 Å². The first-order valence-electron chi connectivity index (χ1n) is 10.6. The number of nitrogens with zero attached hydrogens (tertiary/aromatic N) is 3. The van der Waals surface area contributed by atoms with Gasteiger partial charge in [0.05, 0.1) is 21.9 Å². The van der Waals surface area contributed by atoms with Gasteiger partial charge in [0, 0.05) is 26.5 Å². The van der Waals surface area contributed by atoms with Gasteiger partial charge < -0.3 is 10.1 Å². The highest BCUT2D eigenvalue weighted by molar-refractivity contribution is 6.35. The molecule has 34 heavy (non-hydrogen) atoms. The Morgan fingerprint density at radius 1 is 1.35 bits per heavy atom. The number of amides is 1. The van der Waals surface area contributed by atoms with Crippen molar-refractivity contribution >= 4 is 23.2 Å². The van der Waals surface area contributed by atoms with Crippen molar-refractivity contribution in [1.82, 2.24) is 14.7 Å². The van der Waals surface area contributed by atoms with Crippen molar-refractivity contribution in [3.05, 3.63) is 33.7 Å². The Bertz CT molecular complexity index is 1130. The van der Waals surface area contributed by atoms with Crippen LogP contribution in [0.25, 0.3) is 5.65 Å². The van der Waals surface area contributed by atoms with Gasteiger partial charge >= 0.3 is 6.18 Å². The van der Waals surface area contributed by atoms with Crippen LogP contribution in [-0.4, -0.2) is 40.5 Å². The van der Waals surface area contributed by atoms with Crippen LogP contribution in [0.2, 0.25) is 5.02 Å². The average molecular weight is 507 g/mol. The molecule has 3 rings (SSSR count). The molecule has 0 aliphatic heterocycles. The van der Waals surface area contributed by atoms with Gasteiger partial charge in [-0.15, -0.1) is 0 Å². The molecule has 0 aromatic carbocycles. The van der Waals surface area contributed by atoms with Crippen molar-refractivity contribution in [2.45, 2.75) is 63.7 Å². The van der Waals surface area contributed by atoms with E-state index < -0.39 is 48.1 Å². The average Bonchev–Trinajstić information content (AvgIpc) is 3.11. The number of imidazole rings is 1. The molecule has 0 atom stereocenters. The number of carbonyl (C=O) groups excluding carboxylic acids is 1. The zero-order valence-electron chi connectivity index (χ0n) is 18.8. The van der Waals surface area contributed by atoms with E-state index >= 15 is 0 Å². The fourth-order valence-corrected chi connectivity index (χ4v) is 4.22. The second-order valence-electron chi connectivity index (χ2n) is 9.08. The fourth-order valence-electron chi connectivity index (χ4n) is 3.96. The molecule has 6 nitrogen and oxygen atoms in total. The number of hydrogen-bond donors (Lipinski definition) is 1. The highest BCUT2D eigenvalue weighted by atomic mass is 35.5. The van der Waals surface area contributed by atoms with Crippen molar-refractivity contribution < 1.29 is 31.5 Å². The first-order chi connectivity index (χ1) is 15.7. The molecule has 0 saturated heterocycles. The van der Waals surface area contributed by atoms with Gasteiger partial charge in [-0.2, -0.15) is 18.4 Å². The molecule has 1 aliphatic carbocycles. The number of halogens is 6. The maximum absolute atomic E-state index is 13.8. The SMILES string of the molecule is COC(C)(C)CNC(=O)c1cc2nc(C(F)(F)F)c(CC3CCC(F)(F)CC3)n2c(C#N)c1Cl. The predicted molar refractivity (Wildman–Crippen MR) is 114 cm³/mol. The summed E-state index contributed by atoms with van der Waals surface area (Å²) in [4.78, 5) is 16.4. The number of rotatable bonds is 6. The maximum atomic E-state index is 13.8. The van der Waals surface area contributed by atoms with Crippen LogP contribution >= 0.6 is 11.6 Å². The molecular weight excluding hydrogens is 483 g/mol. The monoisotopic (exact) mass is 506 g/mol. The van der Waals surface area contributed by atoms with E-state index in [0.29, 0.717) is 0 Å². The molecular formula is C22H24ClF5N4O2. The lowest BCUT2D eigenvalue weighted by Gasteiger charge is -2.28. The topological polar surface area (TPSA) is 79.4 Å². The molecule has 2 heterocycles. The lowest BCUT2D eigenvalue weighted by Crippen LogP contribution is -2.39. The summed E-state index contributed by atoms with van der Waals surface area (Å²) < 4.78 is 74.8. The number of hydrogen-bond acceptors (Lipinski definition) is 4. The molecule has 12 heteroatoms. The largest absolute Gasteiger partial charge is 0.435 e. The molecule has 0 radical (unpaired) electrons. The van der Waals surface area contributed by atoms with Gasteiger partial charge in [0.15, 0.2) is 5.69 Å². The van der Waals surface area contributed by atoms with E-state index in [2.05, 4.69) is 10.3 Å². The molecule has 2 aromatic rings. The zero-order valence-corrected chi connectivity index (χ0v) is 19.6. The van der Waals surface area contributed by atoms with Crippen LogP contribution < -0.4 is 5.32 Å². The third-order valence-corrected chi connectivity index (χ3v) is 6.49. The Kier molecular flexibility index (Phi) is 7.16. The smallest absolute Gasteiger partial charge is 0.377 e. The second kappa shape index (κ2) is 9.30. The Labute approximate surface area is 198 Å². The molecule has 0 bridgehead atoms. The molecule has 186 valence electrons. The van der Waals surface area contributed by atoms with Crippen LogP contribution in [0.4, 0.5) is 22.0 Å². The lowest BCUT2D eigenvalue weighted by molar-refractivity contribution is -0.141. The summed E-state index contributed by atoms with van der Waals surface area (Å²) in [5.74, 6) is -3.98. The summed E-state index contributed by atoms with van der Waals surface area (Å²) in [6, 6.07) is 2.86. The van der Waals surface area contributed by atoms with E-state index in [1.54, 1.807) is 19.9 Å². The summed E-state index contributed by atoms with van der Waals surface area (Å²) in [6.07, 6.45) is -5.80. The maximum Gasteiger partial charge on any atom is 0.435 e. The van der Waals surface area contributed by atoms with Gasteiger partial charge in [-0.1, -0.05) is 11.6 Å². The van der Waals surface area contributed by atoms with Gasteiger partial charge in [-0.25, -0.2) is 13.8 Å². The number of carbonyl (C=O) groups is 1. The van der Waals surface area contributed by atoms with Crippen LogP contribution in [-0.2, 0) is 17.3 Å². The van der Waals surface area contributed by atoms with Crippen LogP contribution in [0.1, 0.15) is 67.0 Å². The van der Waals surface area contributed by atoms with E-state index in [-0.39, 0.29) is 53.4 Å². The zero-order chi connectivity index (χ0) is 25.5. The minimum absolute atomic E-state index is 0.0446. The molecule has 2 aromatic heterocycles. The number of alkyl halides is 5. The number of fused-ring (bicyclic) bond motifs is 1. The van der Waals surface area contributed by atoms with Gasteiger partial charge in [0.2, 0.25) is 5.92 Å². The third-order valence-electron chi connectivity index (χ3n) is 6.11. The Balaban J connectivity index is 2.07. The van der Waals surface area contributed by atoms with Gasteiger partial charge in [-0.05, 0) is 45.1 Å². The number of methoxy groups -OCH3 is 1. The number of pyridine rings is 1. The lowest BCUT2D eigenvalue weighted by atomic mass is 9.83. The molecule has 1 amide bonds. The van der Waals surface area contributed by atoms with E-state index in [0.717, 1.165) is 10.5 Å². The normalized spacial score (nSPS) is 17.1. The van der Waals surface area contributed by atoms with Crippen molar-refractivity contribution in [2.24, 2.45) is 5.92 Å². The Morgan fingerprint density at radius 2 is 1.97 bits per heavy atom. The predicted octanol–water partition coefficient (Wildman–Crippen LogP) is 5.40. The number of ether oxygens (including phenoxy) is 1. The number of aromatic nitrogens is 2. The minimum atomic E-state index is -4.86. The van der Waals surface area contributed by atoms with Gasteiger partial charge in [0.25, 0.3) is 5.91 Å². The van der Waals surface area contributed by atoms with Crippen LogP contribution in [0.5, 0.6) is 0 Å². The molecule has 1 fully saturated rings. The molecule has 1 N–H and O–H groups in total. The van der Waals surface area contributed by atoms with Crippen LogP contribution in [0.3, 0.4) is 0 Å². The quantitative estimate of drug-likeness (QED) is 0.532. The summed E-state index contributed by atoms with van der Waals surface area (Å²) >= 11 is 6.30. The molecule has 0 spiro atoms. The third kappa shape index (κ3) is 5.44. The van der Waals surface area contributed by atoms with E-state index in [1.165, 1.54) is 7.11 Å². The molecule has 0 unspecified atom stereocenters. The Morgan fingerprint density at radius 3 is 2.50 bits per heavy atom. The van der Waals surface area contributed by atoms with Crippen LogP contribution in [0, 0.1) is 17.2 Å². The van der Waals surface area contributed by atoms with E-state index in [9.17, 15) is 32.0 Å². The summed E-state index contributed by atoms with van der Waals surface area (Å²) in [5, 5.41) is 12.0. The van der Waals surface area contributed by atoms with Crippen molar-refractivity contribution in [3.63, 3.8) is 0 Å². The van der Waals surface area contributed by atoms with Crippen LogP contribution in [0.15, 0.2) is 6.07 Å². The summed E-state index contributed by atoms with van der Waals surface area (Å²) in [7, 11) is 1.46. The second-order valence-corrected chi connectivity index (χ2v) is 9.46. The first-order valence-corrected chi connectivity index (χ1v) is 11.0. The summed E-state index contributed by atoms with van der Waals surface area (Å²) in [6.45, 7) is 3.51. The highest BCUT2D eigenvalue weighted by Gasteiger charge is 2.41. The standard InChI is InChI=1S/C22H24ClF5N4O2/c1-20(2,34-3)11-30-19(33)13-9-16-31-18(22(26,27)28)14(32(16)15(10-29)17(13)23)8-12-4-6-21(24,25)7-5-12/h9,12H,4-8,11H2,1-3H3,(H,30,33). The first kappa shape index (κ1) is 26.2. The van der Waals surface area contributed by atoms with Crippen molar-refractivity contribution in [2.75, 3.05) is 13.7 Å².